The van der Waals surface area contributed by atoms with Gasteiger partial charge in [-0.1, -0.05) is 6.07 Å². The number of hydrogen-bond donors (Lipinski definition) is 1. The minimum atomic E-state index is -0.287. The van der Waals surface area contributed by atoms with E-state index in [-0.39, 0.29) is 6.09 Å². The summed E-state index contributed by atoms with van der Waals surface area (Å²) >= 11 is 0. The molecule has 16 heavy (non-hydrogen) atoms. The lowest BCUT2D eigenvalue weighted by molar-refractivity contribution is 0.160. The van der Waals surface area contributed by atoms with E-state index in [1.165, 1.54) is 5.56 Å². The molecule has 4 heteroatoms. The van der Waals surface area contributed by atoms with Crippen molar-refractivity contribution in [1.29, 1.82) is 0 Å². The minimum absolute atomic E-state index is 0.287. The third-order valence-corrected chi connectivity index (χ3v) is 2.85. The van der Waals surface area contributed by atoms with E-state index in [0.29, 0.717) is 13.2 Å². The zero-order valence-electron chi connectivity index (χ0n) is 9.62. The molecule has 2 rings (SSSR count). The Bertz CT molecular complexity index is 429. The minimum Gasteiger partial charge on any atom is -0.449 e. The van der Waals surface area contributed by atoms with Crippen LogP contribution in [0.15, 0.2) is 12.1 Å². The third kappa shape index (κ3) is 1.71. The number of carbonyl (C=O) groups excluding carboxylic acids is 1. The number of nitrogens with zero attached hydrogens (tertiary/aromatic N) is 1. The summed E-state index contributed by atoms with van der Waals surface area (Å²) in [5.74, 6) is 0. The summed E-state index contributed by atoms with van der Waals surface area (Å²) in [5.41, 5.74) is 9.68. The van der Waals surface area contributed by atoms with Gasteiger partial charge in [-0.25, -0.2) is 4.79 Å². The van der Waals surface area contributed by atoms with Gasteiger partial charge in [-0.15, -0.1) is 0 Å². The lowest BCUT2D eigenvalue weighted by Crippen LogP contribution is -2.29. The van der Waals surface area contributed by atoms with Crippen molar-refractivity contribution in [1.82, 2.24) is 0 Å². The smallest absolute Gasteiger partial charge is 0.414 e. The van der Waals surface area contributed by atoms with Crippen LogP contribution < -0.4 is 10.6 Å². The molecular formula is C12H16N2O2. The van der Waals surface area contributed by atoms with Crippen LogP contribution >= 0.6 is 0 Å². The summed E-state index contributed by atoms with van der Waals surface area (Å²) < 4.78 is 5.00. The second-order valence-corrected chi connectivity index (χ2v) is 3.94. The van der Waals surface area contributed by atoms with Crippen molar-refractivity contribution >= 4 is 17.5 Å². The monoisotopic (exact) mass is 220 g/mol. The summed E-state index contributed by atoms with van der Waals surface area (Å²) in [7, 11) is 0. The first-order chi connectivity index (χ1) is 7.63. The molecule has 0 atom stereocenters. The number of hydrogen-bond acceptors (Lipinski definition) is 3. The normalized spacial score (nSPS) is 13.8. The fourth-order valence-corrected chi connectivity index (χ4v) is 1.97. The molecule has 0 saturated heterocycles. The van der Waals surface area contributed by atoms with Crippen molar-refractivity contribution in [3.63, 3.8) is 0 Å². The fraction of sp³-hybridized carbons (Fsp3) is 0.417. The quantitative estimate of drug-likeness (QED) is 0.737. The van der Waals surface area contributed by atoms with Gasteiger partial charge in [0, 0.05) is 12.2 Å². The van der Waals surface area contributed by atoms with E-state index in [1.54, 1.807) is 11.8 Å². The number of nitrogens with two attached hydrogens (primary N) is 1. The van der Waals surface area contributed by atoms with Gasteiger partial charge in [0.15, 0.2) is 0 Å². The number of anilines is 2. The first-order valence-corrected chi connectivity index (χ1v) is 5.46. The van der Waals surface area contributed by atoms with Crippen molar-refractivity contribution in [2.24, 2.45) is 0 Å². The standard InChI is InChI=1S/C12H16N2O2/c1-3-16-12(15)14-5-4-9-6-8(2)10(13)7-11(9)14/h6-7H,3-5,13H2,1-2H3. The second-order valence-electron chi connectivity index (χ2n) is 3.94. The Morgan fingerprint density at radius 2 is 2.31 bits per heavy atom. The Morgan fingerprint density at radius 1 is 1.56 bits per heavy atom. The van der Waals surface area contributed by atoms with E-state index in [9.17, 15) is 4.79 Å². The molecule has 0 bridgehead atoms. The average Bonchev–Trinajstić information content (AvgIpc) is 2.62. The van der Waals surface area contributed by atoms with Crippen molar-refractivity contribution in [2.75, 3.05) is 23.8 Å². The van der Waals surface area contributed by atoms with Gasteiger partial charge >= 0.3 is 6.09 Å². The van der Waals surface area contributed by atoms with Crippen molar-refractivity contribution in [3.05, 3.63) is 23.3 Å². The highest BCUT2D eigenvalue weighted by Gasteiger charge is 2.26. The van der Waals surface area contributed by atoms with Crippen LogP contribution in [-0.2, 0) is 11.2 Å². The fourth-order valence-electron chi connectivity index (χ4n) is 1.97. The van der Waals surface area contributed by atoms with E-state index in [0.717, 1.165) is 23.4 Å². The Balaban J connectivity index is 2.32. The van der Waals surface area contributed by atoms with Gasteiger partial charge in [-0.05, 0) is 37.5 Å². The van der Waals surface area contributed by atoms with Crippen molar-refractivity contribution in [2.45, 2.75) is 20.3 Å². The van der Waals surface area contributed by atoms with Gasteiger partial charge in [-0.3, -0.25) is 4.90 Å². The summed E-state index contributed by atoms with van der Waals surface area (Å²) in [5, 5.41) is 0. The van der Waals surface area contributed by atoms with Crippen LogP contribution in [-0.4, -0.2) is 19.2 Å². The van der Waals surface area contributed by atoms with Crippen LogP contribution in [0, 0.1) is 6.92 Å². The molecule has 0 saturated carbocycles. The van der Waals surface area contributed by atoms with Crippen LogP contribution in [0.25, 0.3) is 0 Å². The summed E-state index contributed by atoms with van der Waals surface area (Å²) in [4.78, 5) is 13.3. The Labute approximate surface area is 95.0 Å². The topological polar surface area (TPSA) is 55.6 Å². The molecule has 1 heterocycles. The van der Waals surface area contributed by atoms with Gasteiger partial charge < -0.3 is 10.5 Å². The molecule has 0 unspecified atom stereocenters. The highest BCUT2D eigenvalue weighted by molar-refractivity contribution is 5.91. The summed E-state index contributed by atoms with van der Waals surface area (Å²) in [6, 6.07) is 3.90. The van der Waals surface area contributed by atoms with Crippen molar-refractivity contribution < 1.29 is 9.53 Å². The van der Waals surface area contributed by atoms with E-state index >= 15 is 0 Å². The van der Waals surface area contributed by atoms with E-state index in [4.69, 9.17) is 10.5 Å². The van der Waals surface area contributed by atoms with E-state index in [1.807, 2.05) is 19.1 Å². The number of fused-ring (bicyclic) bond motifs is 1. The molecule has 0 aliphatic carbocycles. The van der Waals surface area contributed by atoms with Crippen LogP contribution in [0.3, 0.4) is 0 Å². The highest BCUT2D eigenvalue weighted by Crippen LogP contribution is 2.32. The number of ether oxygens (including phenoxy) is 1. The van der Waals surface area contributed by atoms with Crippen LogP contribution in [0.4, 0.5) is 16.2 Å². The molecule has 0 aromatic heterocycles. The van der Waals surface area contributed by atoms with Gasteiger partial charge in [-0.2, -0.15) is 0 Å². The molecule has 0 spiro atoms. The maximum Gasteiger partial charge on any atom is 0.414 e. The lowest BCUT2D eigenvalue weighted by atomic mass is 10.1. The molecule has 1 aromatic carbocycles. The molecule has 1 amide bonds. The number of nitrogen functional groups attached to an aromatic ring is 1. The third-order valence-electron chi connectivity index (χ3n) is 2.85. The molecular weight excluding hydrogens is 204 g/mol. The summed E-state index contributed by atoms with van der Waals surface area (Å²) in [6.45, 7) is 4.85. The zero-order chi connectivity index (χ0) is 11.7. The zero-order valence-corrected chi connectivity index (χ0v) is 9.62. The number of rotatable bonds is 1. The van der Waals surface area contributed by atoms with Crippen molar-refractivity contribution in [3.8, 4) is 0 Å². The van der Waals surface area contributed by atoms with Gasteiger partial charge in [0.2, 0.25) is 0 Å². The predicted octanol–water partition coefficient (Wildman–Crippen LogP) is 2.10. The number of carbonyl (C=O) groups is 1. The maximum atomic E-state index is 11.7. The van der Waals surface area contributed by atoms with E-state index in [2.05, 4.69) is 0 Å². The molecule has 0 fully saturated rings. The number of benzene rings is 1. The molecule has 1 aliphatic heterocycles. The molecule has 2 N–H and O–H groups in total. The van der Waals surface area contributed by atoms with Gasteiger partial charge in [0.05, 0.1) is 12.3 Å². The lowest BCUT2D eigenvalue weighted by Gasteiger charge is -2.17. The first-order valence-electron chi connectivity index (χ1n) is 5.46. The second kappa shape index (κ2) is 4.04. The Hall–Kier alpha value is -1.71. The first kappa shape index (κ1) is 10.8. The number of amides is 1. The largest absolute Gasteiger partial charge is 0.449 e. The SMILES string of the molecule is CCOC(=O)N1CCc2cc(C)c(N)cc21. The van der Waals surface area contributed by atoms with Gasteiger partial charge in [0.1, 0.15) is 0 Å². The predicted molar refractivity (Wildman–Crippen MR) is 63.7 cm³/mol. The Kier molecular flexibility index (Phi) is 2.73. The van der Waals surface area contributed by atoms with Crippen LogP contribution in [0.2, 0.25) is 0 Å². The molecule has 86 valence electrons. The average molecular weight is 220 g/mol. The van der Waals surface area contributed by atoms with Crippen LogP contribution in [0.5, 0.6) is 0 Å². The molecule has 0 radical (unpaired) electrons. The summed E-state index contributed by atoms with van der Waals surface area (Å²) in [6.07, 6.45) is 0.583. The molecule has 1 aliphatic rings. The van der Waals surface area contributed by atoms with E-state index < -0.39 is 0 Å². The number of aryl methyl sites for hydroxylation is 1. The molecule has 4 nitrogen and oxygen atoms in total. The Morgan fingerprint density at radius 3 is 3.00 bits per heavy atom. The van der Waals surface area contributed by atoms with Gasteiger partial charge in [0.25, 0.3) is 0 Å². The highest BCUT2D eigenvalue weighted by atomic mass is 16.6. The van der Waals surface area contributed by atoms with Crippen LogP contribution in [0.1, 0.15) is 18.1 Å². The maximum absolute atomic E-state index is 11.7. The molecule has 1 aromatic rings.